The molecule has 0 saturated carbocycles. The van der Waals surface area contributed by atoms with Gasteiger partial charge in [-0.25, -0.2) is 9.18 Å². The molecule has 1 saturated heterocycles. The van der Waals surface area contributed by atoms with Gasteiger partial charge in [0, 0.05) is 31.7 Å². The van der Waals surface area contributed by atoms with E-state index in [4.69, 9.17) is 4.42 Å². The number of halogens is 1. The molecule has 1 aliphatic rings. The van der Waals surface area contributed by atoms with Crippen molar-refractivity contribution in [1.29, 1.82) is 0 Å². The molecule has 2 N–H and O–H groups in total. The number of nitrogens with one attached hydrogen (secondary N) is 2. The van der Waals surface area contributed by atoms with Crippen molar-refractivity contribution >= 4 is 17.8 Å². The minimum atomic E-state index is -0.591. The minimum absolute atomic E-state index is 0.0623. The lowest BCUT2D eigenvalue weighted by molar-refractivity contribution is -0.121. The van der Waals surface area contributed by atoms with Crippen molar-refractivity contribution in [3.63, 3.8) is 0 Å². The van der Waals surface area contributed by atoms with Gasteiger partial charge in [0.05, 0.1) is 19.4 Å². The normalized spacial score (nSPS) is 14.5. The lowest BCUT2D eigenvalue weighted by Gasteiger charge is -2.34. The summed E-state index contributed by atoms with van der Waals surface area (Å²) in [7, 11) is 0. The Hall–Kier alpha value is -3.20. The molecule has 0 unspecified atom stereocenters. The zero-order valence-electron chi connectivity index (χ0n) is 15.2. The van der Waals surface area contributed by atoms with Crippen molar-refractivity contribution in [2.45, 2.75) is 6.54 Å². The third-order valence-corrected chi connectivity index (χ3v) is 4.37. The second-order valence-electron chi connectivity index (χ2n) is 6.39. The fourth-order valence-electron chi connectivity index (χ4n) is 2.88. The van der Waals surface area contributed by atoms with E-state index in [2.05, 4.69) is 10.6 Å². The van der Waals surface area contributed by atoms with Gasteiger partial charge in [-0.2, -0.15) is 0 Å². The Labute approximate surface area is 161 Å². The smallest absolute Gasteiger partial charge is 0.321 e. The first-order valence-corrected chi connectivity index (χ1v) is 8.88. The molecule has 3 rings (SSSR count). The second kappa shape index (κ2) is 9.14. The van der Waals surface area contributed by atoms with Crippen LogP contribution in [0.2, 0.25) is 0 Å². The number of carbonyl (C=O) groups is 3. The van der Waals surface area contributed by atoms with Crippen LogP contribution in [-0.4, -0.2) is 60.4 Å². The number of nitrogens with zero attached hydrogens (tertiary/aromatic N) is 2. The fourth-order valence-corrected chi connectivity index (χ4v) is 2.88. The molecule has 8 nitrogen and oxygen atoms in total. The van der Waals surface area contributed by atoms with Gasteiger partial charge in [-0.05, 0) is 36.4 Å². The number of carbonyl (C=O) groups excluding carboxylic acids is 3. The number of rotatable bonds is 5. The standard InChI is InChI=1S/C19H21FN4O4/c20-15-5-3-14(4-6-15)18(26)24-9-7-23(8-10-24)13-17(25)22-19(27)21-12-16-2-1-11-28-16/h1-6,11H,7-10,12-13H2,(H2,21,22,25,27). The van der Waals surface area contributed by atoms with Gasteiger partial charge in [-0.3, -0.25) is 19.8 Å². The summed E-state index contributed by atoms with van der Waals surface area (Å²) in [5.74, 6) is -0.387. The fraction of sp³-hybridized carbons (Fsp3) is 0.316. The molecule has 0 radical (unpaired) electrons. The summed E-state index contributed by atoms with van der Waals surface area (Å²) in [4.78, 5) is 39.7. The van der Waals surface area contributed by atoms with Crippen LogP contribution in [0.1, 0.15) is 16.1 Å². The number of benzene rings is 1. The molecule has 1 aliphatic heterocycles. The highest BCUT2D eigenvalue weighted by atomic mass is 19.1. The predicted octanol–water partition coefficient (Wildman–Crippen LogP) is 1.20. The largest absolute Gasteiger partial charge is 0.467 e. The average molecular weight is 388 g/mol. The number of imide groups is 1. The Balaban J connectivity index is 1.38. The van der Waals surface area contributed by atoms with Crippen LogP contribution >= 0.6 is 0 Å². The Bertz CT molecular complexity index is 815. The molecule has 2 heterocycles. The Morgan fingerprint density at radius 1 is 1.04 bits per heavy atom. The van der Waals surface area contributed by atoms with Crippen molar-refractivity contribution in [2.75, 3.05) is 32.7 Å². The molecule has 1 aromatic heterocycles. The minimum Gasteiger partial charge on any atom is -0.467 e. The molecule has 0 atom stereocenters. The van der Waals surface area contributed by atoms with Crippen molar-refractivity contribution < 1.29 is 23.2 Å². The summed E-state index contributed by atoms with van der Waals surface area (Å²) in [5.41, 5.74) is 0.431. The molecule has 9 heteroatoms. The zero-order chi connectivity index (χ0) is 19.9. The monoisotopic (exact) mass is 388 g/mol. The highest BCUT2D eigenvalue weighted by molar-refractivity contribution is 5.95. The zero-order valence-corrected chi connectivity index (χ0v) is 15.2. The lowest BCUT2D eigenvalue weighted by atomic mass is 10.2. The van der Waals surface area contributed by atoms with Gasteiger partial charge in [0.1, 0.15) is 11.6 Å². The highest BCUT2D eigenvalue weighted by Crippen LogP contribution is 2.10. The summed E-state index contributed by atoms with van der Waals surface area (Å²) in [6.45, 7) is 2.17. The SMILES string of the molecule is O=C(CN1CCN(C(=O)c2ccc(F)cc2)CC1)NC(=O)NCc1ccco1. The van der Waals surface area contributed by atoms with E-state index in [-0.39, 0.29) is 24.8 Å². The first kappa shape index (κ1) is 19.6. The lowest BCUT2D eigenvalue weighted by Crippen LogP contribution is -2.52. The predicted molar refractivity (Wildman–Crippen MR) is 97.8 cm³/mol. The maximum atomic E-state index is 13.0. The molecule has 0 bridgehead atoms. The molecule has 148 valence electrons. The quantitative estimate of drug-likeness (QED) is 0.803. The molecule has 0 aliphatic carbocycles. The Morgan fingerprint density at radius 2 is 1.75 bits per heavy atom. The molecular weight excluding hydrogens is 367 g/mol. The van der Waals surface area contributed by atoms with Crippen LogP contribution in [0, 0.1) is 5.82 Å². The van der Waals surface area contributed by atoms with Crippen LogP contribution < -0.4 is 10.6 Å². The van der Waals surface area contributed by atoms with Crippen LogP contribution in [0.15, 0.2) is 47.1 Å². The Morgan fingerprint density at radius 3 is 2.39 bits per heavy atom. The third kappa shape index (κ3) is 5.40. The number of urea groups is 1. The first-order chi connectivity index (χ1) is 13.5. The van der Waals surface area contributed by atoms with Crippen molar-refractivity contribution in [2.24, 2.45) is 0 Å². The number of furan rings is 1. The maximum absolute atomic E-state index is 13.0. The molecule has 28 heavy (non-hydrogen) atoms. The number of piperazine rings is 1. The second-order valence-corrected chi connectivity index (χ2v) is 6.39. The van der Waals surface area contributed by atoms with Gasteiger partial charge in [-0.15, -0.1) is 0 Å². The summed E-state index contributed by atoms with van der Waals surface area (Å²) in [5, 5.41) is 4.80. The summed E-state index contributed by atoms with van der Waals surface area (Å²) in [6, 6.07) is 8.26. The van der Waals surface area contributed by atoms with Crippen LogP contribution in [0.25, 0.3) is 0 Å². The van der Waals surface area contributed by atoms with E-state index >= 15 is 0 Å². The van der Waals surface area contributed by atoms with E-state index in [0.717, 1.165) is 0 Å². The van der Waals surface area contributed by atoms with Gasteiger partial charge < -0.3 is 14.6 Å². The molecular formula is C19H21FN4O4. The average Bonchev–Trinajstić information content (AvgIpc) is 3.21. The van der Waals surface area contributed by atoms with E-state index < -0.39 is 11.9 Å². The third-order valence-electron chi connectivity index (χ3n) is 4.37. The van der Waals surface area contributed by atoms with E-state index in [9.17, 15) is 18.8 Å². The van der Waals surface area contributed by atoms with Crippen LogP contribution in [-0.2, 0) is 11.3 Å². The molecule has 1 fully saturated rings. The van der Waals surface area contributed by atoms with Crippen molar-refractivity contribution in [3.05, 3.63) is 59.8 Å². The topological polar surface area (TPSA) is 94.9 Å². The van der Waals surface area contributed by atoms with E-state index in [0.29, 0.717) is 37.5 Å². The van der Waals surface area contributed by atoms with E-state index in [1.165, 1.54) is 30.5 Å². The van der Waals surface area contributed by atoms with E-state index in [1.54, 1.807) is 17.0 Å². The molecule has 2 aromatic rings. The van der Waals surface area contributed by atoms with Crippen molar-refractivity contribution in [3.8, 4) is 0 Å². The van der Waals surface area contributed by atoms with Gasteiger partial charge >= 0.3 is 6.03 Å². The van der Waals surface area contributed by atoms with Gasteiger partial charge in [0.2, 0.25) is 5.91 Å². The molecule has 0 spiro atoms. The van der Waals surface area contributed by atoms with Crippen LogP contribution in [0.5, 0.6) is 0 Å². The van der Waals surface area contributed by atoms with Gasteiger partial charge in [-0.1, -0.05) is 0 Å². The van der Waals surface area contributed by atoms with Crippen molar-refractivity contribution in [1.82, 2.24) is 20.4 Å². The Kier molecular flexibility index (Phi) is 6.38. The van der Waals surface area contributed by atoms with Gasteiger partial charge in [0.15, 0.2) is 0 Å². The molecule has 4 amide bonds. The van der Waals surface area contributed by atoms with Crippen LogP contribution in [0.3, 0.4) is 0 Å². The van der Waals surface area contributed by atoms with Gasteiger partial charge in [0.25, 0.3) is 5.91 Å². The maximum Gasteiger partial charge on any atom is 0.321 e. The molecule has 1 aromatic carbocycles. The number of hydrogen-bond donors (Lipinski definition) is 2. The number of hydrogen-bond acceptors (Lipinski definition) is 5. The summed E-state index contributed by atoms with van der Waals surface area (Å²) < 4.78 is 18.1. The van der Waals surface area contributed by atoms with E-state index in [1.807, 2.05) is 4.90 Å². The summed E-state index contributed by atoms with van der Waals surface area (Å²) in [6.07, 6.45) is 1.50. The number of amides is 4. The highest BCUT2D eigenvalue weighted by Gasteiger charge is 2.23. The summed E-state index contributed by atoms with van der Waals surface area (Å²) >= 11 is 0. The van der Waals surface area contributed by atoms with Crippen LogP contribution in [0.4, 0.5) is 9.18 Å². The first-order valence-electron chi connectivity index (χ1n) is 8.88.